The average Bonchev–Trinajstić information content (AvgIpc) is 2.55. The van der Waals surface area contributed by atoms with Crippen LogP contribution in [-0.4, -0.2) is 35.2 Å². The van der Waals surface area contributed by atoms with Crippen LogP contribution in [0.25, 0.3) is 0 Å². The summed E-state index contributed by atoms with van der Waals surface area (Å²) in [6.45, 7) is 1.25. The molecule has 120 valence electrons. The predicted molar refractivity (Wildman–Crippen MR) is 81.4 cm³/mol. The Morgan fingerprint density at radius 1 is 1.26 bits per heavy atom. The van der Waals surface area contributed by atoms with Crippen LogP contribution in [0.3, 0.4) is 0 Å². The first kappa shape index (κ1) is 15.3. The number of carbonyl (C=O) groups is 1. The number of ether oxygens (including phenoxy) is 2. The van der Waals surface area contributed by atoms with Gasteiger partial charge in [-0.1, -0.05) is 30.3 Å². The minimum Gasteiger partial charge on any atom is -0.490 e. The second-order valence-corrected chi connectivity index (χ2v) is 5.30. The molecule has 1 amide bonds. The van der Waals surface area contributed by atoms with Crippen molar-refractivity contribution in [3.63, 3.8) is 0 Å². The van der Waals surface area contributed by atoms with E-state index in [1.54, 1.807) is 4.90 Å². The van der Waals surface area contributed by atoms with Crippen molar-refractivity contribution in [3.8, 4) is 5.75 Å². The van der Waals surface area contributed by atoms with Crippen molar-refractivity contribution in [1.82, 2.24) is 9.88 Å². The summed E-state index contributed by atoms with van der Waals surface area (Å²) < 4.78 is 23.5. The van der Waals surface area contributed by atoms with Crippen LogP contribution in [-0.2, 0) is 11.3 Å². The lowest BCUT2D eigenvalue weighted by Crippen LogP contribution is -2.54. The highest BCUT2D eigenvalue weighted by atomic mass is 19.1. The SMILES string of the molecule is O=C(OCc1ccccc1)N1CC[C@H]1COc1ccc(F)nc1. The van der Waals surface area contributed by atoms with Gasteiger partial charge in [0, 0.05) is 6.54 Å². The molecular weight excluding hydrogens is 299 g/mol. The van der Waals surface area contributed by atoms with E-state index in [-0.39, 0.29) is 18.7 Å². The second kappa shape index (κ2) is 7.09. The summed E-state index contributed by atoms with van der Waals surface area (Å²) in [5, 5.41) is 0. The van der Waals surface area contributed by atoms with Crippen LogP contribution >= 0.6 is 0 Å². The molecule has 0 unspecified atom stereocenters. The quantitative estimate of drug-likeness (QED) is 0.796. The number of nitrogens with zero attached hydrogens (tertiary/aromatic N) is 2. The number of benzene rings is 1. The van der Waals surface area contributed by atoms with Crippen molar-refractivity contribution >= 4 is 6.09 Å². The molecule has 1 saturated heterocycles. The van der Waals surface area contributed by atoms with Gasteiger partial charge in [0.25, 0.3) is 0 Å². The van der Waals surface area contributed by atoms with Crippen molar-refractivity contribution in [2.24, 2.45) is 0 Å². The van der Waals surface area contributed by atoms with Crippen LogP contribution in [0.4, 0.5) is 9.18 Å². The smallest absolute Gasteiger partial charge is 0.410 e. The molecule has 2 aromatic rings. The van der Waals surface area contributed by atoms with Gasteiger partial charge in [0.2, 0.25) is 5.95 Å². The zero-order valence-corrected chi connectivity index (χ0v) is 12.5. The van der Waals surface area contributed by atoms with Gasteiger partial charge in [0.1, 0.15) is 19.0 Å². The molecule has 0 N–H and O–H groups in total. The van der Waals surface area contributed by atoms with Gasteiger partial charge in [-0.25, -0.2) is 9.78 Å². The molecule has 0 radical (unpaired) electrons. The Bertz CT molecular complexity index is 649. The Morgan fingerprint density at radius 3 is 2.74 bits per heavy atom. The lowest BCUT2D eigenvalue weighted by Gasteiger charge is -2.39. The minimum atomic E-state index is -0.549. The highest BCUT2D eigenvalue weighted by Gasteiger charge is 2.33. The lowest BCUT2D eigenvalue weighted by molar-refractivity contribution is 0.0259. The first-order valence-corrected chi connectivity index (χ1v) is 7.44. The van der Waals surface area contributed by atoms with E-state index >= 15 is 0 Å². The van der Waals surface area contributed by atoms with Gasteiger partial charge in [0.15, 0.2) is 0 Å². The highest BCUT2D eigenvalue weighted by Crippen LogP contribution is 2.20. The molecule has 3 rings (SSSR count). The maximum absolute atomic E-state index is 12.7. The molecule has 1 aromatic carbocycles. The fraction of sp³-hybridized carbons (Fsp3) is 0.294. The topological polar surface area (TPSA) is 51.7 Å². The summed E-state index contributed by atoms with van der Waals surface area (Å²) in [5.41, 5.74) is 0.951. The van der Waals surface area contributed by atoms with Crippen LogP contribution in [0.15, 0.2) is 48.7 Å². The van der Waals surface area contributed by atoms with Gasteiger partial charge >= 0.3 is 6.09 Å². The standard InChI is InChI=1S/C17H17FN2O3/c18-16-7-6-15(10-19-16)22-12-14-8-9-20(14)17(21)23-11-13-4-2-1-3-5-13/h1-7,10,14H,8-9,11-12H2/t14-/m0/s1. The minimum absolute atomic E-state index is 0.0247. The zero-order chi connectivity index (χ0) is 16.1. The summed E-state index contributed by atoms with van der Waals surface area (Å²) >= 11 is 0. The van der Waals surface area contributed by atoms with E-state index in [9.17, 15) is 9.18 Å². The zero-order valence-electron chi connectivity index (χ0n) is 12.5. The van der Waals surface area contributed by atoms with Crippen molar-refractivity contribution in [2.75, 3.05) is 13.2 Å². The van der Waals surface area contributed by atoms with Crippen LogP contribution in [0.5, 0.6) is 5.75 Å². The van der Waals surface area contributed by atoms with E-state index < -0.39 is 5.95 Å². The van der Waals surface area contributed by atoms with Crippen molar-refractivity contribution in [3.05, 3.63) is 60.2 Å². The molecule has 0 aliphatic carbocycles. The number of amides is 1. The summed E-state index contributed by atoms with van der Waals surface area (Å²) in [7, 11) is 0. The summed E-state index contributed by atoms with van der Waals surface area (Å²) in [6, 6.07) is 12.3. The van der Waals surface area contributed by atoms with Gasteiger partial charge in [0.05, 0.1) is 12.2 Å². The largest absolute Gasteiger partial charge is 0.490 e. The third-order valence-corrected chi connectivity index (χ3v) is 3.73. The number of hydrogen-bond donors (Lipinski definition) is 0. The monoisotopic (exact) mass is 316 g/mol. The number of halogens is 1. The van der Waals surface area contributed by atoms with E-state index in [2.05, 4.69) is 4.98 Å². The molecule has 1 aliphatic heterocycles. The van der Waals surface area contributed by atoms with Crippen LogP contribution in [0.1, 0.15) is 12.0 Å². The fourth-order valence-corrected chi connectivity index (χ4v) is 2.30. The van der Waals surface area contributed by atoms with Crippen LogP contribution in [0.2, 0.25) is 0 Å². The highest BCUT2D eigenvalue weighted by molar-refractivity contribution is 5.69. The van der Waals surface area contributed by atoms with E-state index in [0.717, 1.165) is 12.0 Å². The molecule has 2 heterocycles. The van der Waals surface area contributed by atoms with E-state index in [1.165, 1.54) is 18.3 Å². The summed E-state index contributed by atoms with van der Waals surface area (Å²) in [5.74, 6) is -0.0667. The maximum Gasteiger partial charge on any atom is 0.410 e. The lowest BCUT2D eigenvalue weighted by atomic mass is 10.1. The molecule has 0 bridgehead atoms. The van der Waals surface area contributed by atoms with Crippen molar-refractivity contribution < 1.29 is 18.7 Å². The molecule has 23 heavy (non-hydrogen) atoms. The molecule has 0 spiro atoms. The van der Waals surface area contributed by atoms with Crippen LogP contribution < -0.4 is 4.74 Å². The Kier molecular flexibility index (Phi) is 4.71. The third-order valence-electron chi connectivity index (χ3n) is 3.73. The average molecular weight is 316 g/mol. The molecule has 1 aliphatic rings. The molecule has 6 heteroatoms. The first-order chi connectivity index (χ1) is 11.2. The number of hydrogen-bond acceptors (Lipinski definition) is 4. The van der Waals surface area contributed by atoms with Crippen molar-refractivity contribution in [2.45, 2.75) is 19.1 Å². The number of carbonyl (C=O) groups excluding carboxylic acids is 1. The Hall–Kier alpha value is -2.63. The molecule has 1 aromatic heterocycles. The predicted octanol–water partition coefficient (Wildman–Crippen LogP) is 3.01. The van der Waals surface area contributed by atoms with Gasteiger partial charge in [-0.3, -0.25) is 0 Å². The van der Waals surface area contributed by atoms with E-state index in [4.69, 9.17) is 9.47 Å². The summed E-state index contributed by atoms with van der Waals surface area (Å²) in [6.07, 6.45) is 1.84. The number of aromatic nitrogens is 1. The number of likely N-dealkylation sites (tertiary alicyclic amines) is 1. The van der Waals surface area contributed by atoms with E-state index in [1.807, 2.05) is 30.3 Å². The van der Waals surface area contributed by atoms with Crippen molar-refractivity contribution in [1.29, 1.82) is 0 Å². The first-order valence-electron chi connectivity index (χ1n) is 7.44. The number of pyridine rings is 1. The normalized spacial score (nSPS) is 16.6. The molecule has 1 atom stereocenters. The third kappa shape index (κ3) is 3.97. The summed E-state index contributed by atoms with van der Waals surface area (Å²) in [4.78, 5) is 17.2. The van der Waals surface area contributed by atoms with Gasteiger partial charge in [-0.05, 0) is 24.1 Å². The maximum atomic E-state index is 12.7. The van der Waals surface area contributed by atoms with Gasteiger partial charge in [-0.2, -0.15) is 4.39 Å². The molecule has 5 nitrogen and oxygen atoms in total. The molecular formula is C17H17FN2O3. The molecule has 1 fully saturated rings. The Balaban J connectivity index is 1.45. The van der Waals surface area contributed by atoms with Gasteiger partial charge in [-0.15, -0.1) is 0 Å². The van der Waals surface area contributed by atoms with Gasteiger partial charge < -0.3 is 14.4 Å². The van der Waals surface area contributed by atoms with Crippen LogP contribution in [0, 0.1) is 5.95 Å². The number of rotatable bonds is 5. The fourth-order valence-electron chi connectivity index (χ4n) is 2.30. The Labute approximate surface area is 133 Å². The second-order valence-electron chi connectivity index (χ2n) is 5.30. The van der Waals surface area contributed by atoms with E-state index in [0.29, 0.717) is 18.9 Å². The molecule has 0 saturated carbocycles. The Morgan fingerprint density at radius 2 is 2.09 bits per heavy atom.